The molecule has 1 aromatic heterocycles. The van der Waals surface area contributed by atoms with Crippen LogP contribution < -0.4 is 4.74 Å². The predicted molar refractivity (Wildman–Crippen MR) is 76.0 cm³/mol. The number of rotatable bonds is 3. The molecule has 0 atom stereocenters. The Hall–Kier alpha value is -2.62. The Morgan fingerprint density at radius 1 is 0.950 bits per heavy atom. The lowest BCUT2D eigenvalue weighted by Gasteiger charge is -2.05. The van der Waals surface area contributed by atoms with E-state index in [1.807, 2.05) is 24.3 Å². The summed E-state index contributed by atoms with van der Waals surface area (Å²) < 4.78 is 18.1. The van der Waals surface area contributed by atoms with Crippen molar-refractivity contribution in [3.05, 3.63) is 60.7 Å². The standard InChI is InChI=1S/C16H13FN2O/c1-20-14-8-4-12(5-9-14)16-15(18-10-19-16)11-2-6-13(17)7-3-11/h2-10H,1H3,(H,18,19). The molecule has 20 heavy (non-hydrogen) atoms. The number of imidazole rings is 1. The van der Waals surface area contributed by atoms with Gasteiger partial charge in [0.2, 0.25) is 0 Å². The second-order valence-corrected chi connectivity index (χ2v) is 4.36. The summed E-state index contributed by atoms with van der Waals surface area (Å²) in [6.07, 6.45) is 1.64. The van der Waals surface area contributed by atoms with Gasteiger partial charge in [0.25, 0.3) is 0 Å². The third-order valence-electron chi connectivity index (χ3n) is 3.14. The Bertz CT molecular complexity index is 702. The number of nitrogens with one attached hydrogen (secondary N) is 1. The lowest BCUT2D eigenvalue weighted by molar-refractivity contribution is 0.415. The molecule has 3 nitrogen and oxygen atoms in total. The van der Waals surface area contributed by atoms with Crippen LogP contribution in [-0.4, -0.2) is 17.1 Å². The zero-order valence-corrected chi connectivity index (χ0v) is 10.9. The zero-order valence-electron chi connectivity index (χ0n) is 10.9. The summed E-state index contributed by atoms with van der Waals surface area (Å²) in [6.45, 7) is 0. The van der Waals surface area contributed by atoms with Crippen LogP contribution in [0, 0.1) is 5.82 Å². The molecule has 0 aliphatic heterocycles. The lowest BCUT2D eigenvalue weighted by atomic mass is 10.0. The minimum absolute atomic E-state index is 0.251. The molecule has 0 unspecified atom stereocenters. The third-order valence-corrected chi connectivity index (χ3v) is 3.14. The van der Waals surface area contributed by atoms with Crippen molar-refractivity contribution in [3.8, 4) is 28.3 Å². The first-order valence-corrected chi connectivity index (χ1v) is 6.21. The summed E-state index contributed by atoms with van der Waals surface area (Å²) in [5.41, 5.74) is 3.58. The second kappa shape index (κ2) is 5.17. The highest BCUT2D eigenvalue weighted by Crippen LogP contribution is 2.29. The quantitative estimate of drug-likeness (QED) is 0.782. The van der Waals surface area contributed by atoms with Crippen molar-refractivity contribution in [1.29, 1.82) is 0 Å². The molecule has 100 valence electrons. The highest BCUT2D eigenvalue weighted by Gasteiger charge is 2.10. The van der Waals surface area contributed by atoms with Gasteiger partial charge in [-0.2, -0.15) is 0 Å². The number of methoxy groups -OCH3 is 1. The van der Waals surface area contributed by atoms with Crippen molar-refractivity contribution < 1.29 is 9.13 Å². The molecule has 0 amide bonds. The molecule has 0 saturated heterocycles. The van der Waals surface area contributed by atoms with Crippen LogP contribution in [0.1, 0.15) is 0 Å². The topological polar surface area (TPSA) is 37.9 Å². The maximum absolute atomic E-state index is 13.0. The number of hydrogen-bond acceptors (Lipinski definition) is 2. The molecule has 0 aliphatic rings. The van der Waals surface area contributed by atoms with E-state index in [0.29, 0.717) is 0 Å². The first-order chi connectivity index (χ1) is 9.78. The van der Waals surface area contributed by atoms with Gasteiger partial charge >= 0.3 is 0 Å². The molecule has 0 saturated carbocycles. The summed E-state index contributed by atoms with van der Waals surface area (Å²) in [5.74, 6) is 0.548. The minimum Gasteiger partial charge on any atom is -0.497 e. The van der Waals surface area contributed by atoms with Gasteiger partial charge in [-0.05, 0) is 48.5 Å². The largest absolute Gasteiger partial charge is 0.497 e. The van der Waals surface area contributed by atoms with E-state index < -0.39 is 0 Å². The molecule has 0 fully saturated rings. The van der Waals surface area contributed by atoms with Gasteiger partial charge in [0, 0.05) is 11.1 Å². The normalized spacial score (nSPS) is 10.5. The van der Waals surface area contributed by atoms with Gasteiger partial charge in [-0.3, -0.25) is 0 Å². The molecule has 0 spiro atoms. The fourth-order valence-electron chi connectivity index (χ4n) is 2.10. The zero-order chi connectivity index (χ0) is 13.9. The average Bonchev–Trinajstić information content (AvgIpc) is 2.97. The van der Waals surface area contributed by atoms with Crippen LogP contribution in [0.25, 0.3) is 22.5 Å². The van der Waals surface area contributed by atoms with E-state index in [0.717, 1.165) is 28.3 Å². The average molecular weight is 268 g/mol. The number of hydrogen-bond donors (Lipinski definition) is 1. The number of halogens is 1. The monoisotopic (exact) mass is 268 g/mol. The molecule has 1 heterocycles. The summed E-state index contributed by atoms with van der Waals surface area (Å²) in [6, 6.07) is 14.0. The summed E-state index contributed by atoms with van der Waals surface area (Å²) in [4.78, 5) is 7.45. The smallest absolute Gasteiger partial charge is 0.123 e. The van der Waals surface area contributed by atoms with E-state index in [1.165, 1.54) is 12.1 Å². The Morgan fingerprint density at radius 2 is 1.60 bits per heavy atom. The number of ether oxygens (including phenoxy) is 1. The summed E-state index contributed by atoms with van der Waals surface area (Å²) >= 11 is 0. The molecule has 0 bridgehead atoms. The molecular formula is C16H13FN2O. The van der Waals surface area contributed by atoms with Crippen LogP contribution in [0.4, 0.5) is 4.39 Å². The van der Waals surface area contributed by atoms with E-state index in [2.05, 4.69) is 9.97 Å². The van der Waals surface area contributed by atoms with Gasteiger partial charge in [0.05, 0.1) is 24.8 Å². The predicted octanol–water partition coefficient (Wildman–Crippen LogP) is 3.89. The van der Waals surface area contributed by atoms with E-state index in [9.17, 15) is 4.39 Å². The summed E-state index contributed by atoms with van der Waals surface area (Å²) in [7, 11) is 1.63. The van der Waals surface area contributed by atoms with Crippen LogP contribution in [-0.2, 0) is 0 Å². The van der Waals surface area contributed by atoms with Crippen molar-refractivity contribution in [2.75, 3.05) is 7.11 Å². The first-order valence-electron chi connectivity index (χ1n) is 6.21. The van der Waals surface area contributed by atoms with Crippen LogP contribution in [0.15, 0.2) is 54.9 Å². The van der Waals surface area contributed by atoms with Crippen LogP contribution in [0.5, 0.6) is 5.75 Å². The second-order valence-electron chi connectivity index (χ2n) is 4.36. The van der Waals surface area contributed by atoms with Crippen LogP contribution in [0.2, 0.25) is 0 Å². The number of aromatic nitrogens is 2. The highest BCUT2D eigenvalue weighted by atomic mass is 19.1. The fourth-order valence-corrected chi connectivity index (χ4v) is 2.10. The minimum atomic E-state index is -0.251. The molecule has 0 aliphatic carbocycles. The van der Waals surface area contributed by atoms with Crippen molar-refractivity contribution in [1.82, 2.24) is 9.97 Å². The van der Waals surface area contributed by atoms with Crippen LogP contribution >= 0.6 is 0 Å². The molecular weight excluding hydrogens is 255 g/mol. The van der Waals surface area contributed by atoms with Gasteiger partial charge < -0.3 is 9.72 Å². The van der Waals surface area contributed by atoms with E-state index in [-0.39, 0.29) is 5.82 Å². The number of H-pyrrole nitrogens is 1. The molecule has 3 aromatic rings. The molecule has 0 radical (unpaired) electrons. The molecule has 1 N–H and O–H groups in total. The Morgan fingerprint density at radius 3 is 2.25 bits per heavy atom. The fraction of sp³-hybridized carbons (Fsp3) is 0.0625. The number of nitrogens with zero attached hydrogens (tertiary/aromatic N) is 1. The van der Waals surface area contributed by atoms with Crippen LogP contribution in [0.3, 0.4) is 0 Å². The maximum atomic E-state index is 13.0. The Kier molecular flexibility index (Phi) is 3.21. The lowest BCUT2D eigenvalue weighted by Crippen LogP contribution is -1.86. The van der Waals surface area contributed by atoms with Gasteiger partial charge in [0.15, 0.2) is 0 Å². The summed E-state index contributed by atoms with van der Waals surface area (Å²) in [5, 5.41) is 0. The van der Waals surface area contributed by atoms with Gasteiger partial charge in [-0.1, -0.05) is 0 Å². The molecule has 2 aromatic carbocycles. The Balaban J connectivity index is 2.02. The van der Waals surface area contributed by atoms with E-state index in [4.69, 9.17) is 4.74 Å². The van der Waals surface area contributed by atoms with Crippen molar-refractivity contribution in [2.45, 2.75) is 0 Å². The molecule has 4 heteroatoms. The number of aromatic amines is 1. The van der Waals surface area contributed by atoms with Crippen molar-refractivity contribution >= 4 is 0 Å². The Labute approximate surface area is 116 Å². The number of benzene rings is 2. The van der Waals surface area contributed by atoms with Crippen molar-refractivity contribution in [2.24, 2.45) is 0 Å². The van der Waals surface area contributed by atoms with Crippen molar-refractivity contribution in [3.63, 3.8) is 0 Å². The third kappa shape index (κ3) is 2.28. The van der Waals surface area contributed by atoms with E-state index >= 15 is 0 Å². The molecule has 3 rings (SSSR count). The van der Waals surface area contributed by atoms with Gasteiger partial charge in [-0.25, -0.2) is 9.37 Å². The van der Waals surface area contributed by atoms with Gasteiger partial charge in [0.1, 0.15) is 11.6 Å². The highest BCUT2D eigenvalue weighted by molar-refractivity contribution is 5.78. The van der Waals surface area contributed by atoms with Gasteiger partial charge in [-0.15, -0.1) is 0 Å². The SMILES string of the molecule is COc1ccc(-c2nc[nH]c2-c2ccc(F)cc2)cc1. The first kappa shape index (κ1) is 12.4. The maximum Gasteiger partial charge on any atom is 0.123 e. The van der Waals surface area contributed by atoms with E-state index in [1.54, 1.807) is 25.6 Å².